The summed E-state index contributed by atoms with van der Waals surface area (Å²) in [5.41, 5.74) is 7.73. The van der Waals surface area contributed by atoms with Gasteiger partial charge in [-0.05, 0) is 24.5 Å². The molecule has 0 fully saturated rings. The monoisotopic (exact) mass is 286 g/mol. The molecule has 1 aromatic heterocycles. The van der Waals surface area contributed by atoms with Crippen LogP contribution < -0.4 is 5.73 Å². The lowest BCUT2D eigenvalue weighted by atomic mass is 10.1. The van der Waals surface area contributed by atoms with Crippen LogP contribution in [0.1, 0.15) is 19.5 Å². The van der Waals surface area contributed by atoms with E-state index < -0.39 is 5.82 Å². The Bertz CT molecular complexity index is 612. The lowest BCUT2D eigenvalue weighted by Gasteiger charge is -2.10. The van der Waals surface area contributed by atoms with Crippen molar-refractivity contribution in [2.45, 2.75) is 20.3 Å². The van der Waals surface area contributed by atoms with Crippen LogP contribution in [0.5, 0.6) is 0 Å². The minimum absolute atomic E-state index is 0.0407. The van der Waals surface area contributed by atoms with Crippen LogP contribution >= 0.6 is 23.2 Å². The van der Waals surface area contributed by atoms with Crippen LogP contribution in [-0.2, 0) is 6.42 Å². The van der Waals surface area contributed by atoms with Crippen molar-refractivity contribution in [3.8, 4) is 0 Å². The molecule has 2 aromatic rings. The molecule has 18 heavy (non-hydrogen) atoms. The van der Waals surface area contributed by atoms with Crippen LogP contribution in [0.3, 0.4) is 0 Å². The molecule has 0 bridgehead atoms. The normalized spacial score (nSPS) is 11.4. The largest absolute Gasteiger partial charge is 0.398 e. The molecule has 96 valence electrons. The number of nitrogens with two attached hydrogens (primary N) is 1. The zero-order valence-electron chi connectivity index (χ0n) is 10.1. The van der Waals surface area contributed by atoms with Crippen LogP contribution in [0.2, 0.25) is 10.0 Å². The molecular formula is C13H13Cl2FN2. The molecular weight excluding hydrogens is 274 g/mol. The lowest BCUT2D eigenvalue weighted by Crippen LogP contribution is -2.01. The molecule has 0 aliphatic heterocycles. The van der Waals surface area contributed by atoms with Crippen molar-refractivity contribution in [2.75, 3.05) is 5.73 Å². The number of nitrogens with zero attached hydrogens (tertiary/aromatic N) is 1. The molecule has 2 nitrogen and oxygen atoms in total. The van der Waals surface area contributed by atoms with E-state index in [9.17, 15) is 4.39 Å². The standard InChI is InChI=1S/C13H13Cl2FN2/c1-6(2)3-7-4-9(17)11-10(18-7)5-8(14)13(16)12(11)15/h4-6H,3H2,1-2H3,(H2,17,18). The highest BCUT2D eigenvalue weighted by atomic mass is 35.5. The van der Waals surface area contributed by atoms with Crippen LogP contribution in [-0.4, -0.2) is 4.98 Å². The van der Waals surface area contributed by atoms with Gasteiger partial charge >= 0.3 is 0 Å². The number of hydrogen-bond donors (Lipinski definition) is 1. The molecule has 0 saturated carbocycles. The minimum Gasteiger partial charge on any atom is -0.398 e. The fourth-order valence-electron chi connectivity index (χ4n) is 1.91. The van der Waals surface area contributed by atoms with Crippen LogP contribution in [0.4, 0.5) is 10.1 Å². The molecule has 0 amide bonds. The van der Waals surface area contributed by atoms with Crippen LogP contribution in [0, 0.1) is 11.7 Å². The topological polar surface area (TPSA) is 38.9 Å². The summed E-state index contributed by atoms with van der Waals surface area (Å²) < 4.78 is 13.6. The van der Waals surface area contributed by atoms with E-state index in [0.717, 1.165) is 12.1 Å². The molecule has 1 heterocycles. The molecule has 2 N–H and O–H groups in total. The third-order valence-electron chi connectivity index (χ3n) is 2.63. The van der Waals surface area contributed by atoms with Crippen molar-refractivity contribution in [1.29, 1.82) is 0 Å². The van der Waals surface area contributed by atoms with Gasteiger partial charge in [-0.3, -0.25) is 4.98 Å². The zero-order valence-corrected chi connectivity index (χ0v) is 11.6. The quantitative estimate of drug-likeness (QED) is 0.828. The van der Waals surface area contributed by atoms with Gasteiger partial charge in [-0.15, -0.1) is 0 Å². The second-order valence-corrected chi connectivity index (χ2v) is 5.47. The molecule has 0 saturated heterocycles. The SMILES string of the molecule is CC(C)Cc1cc(N)c2c(Cl)c(F)c(Cl)cc2n1. The first-order valence-corrected chi connectivity index (χ1v) is 6.38. The Balaban J connectivity index is 2.70. The summed E-state index contributed by atoms with van der Waals surface area (Å²) in [7, 11) is 0. The second-order valence-electron chi connectivity index (χ2n) is 4.68. The Hall–Kier alpha value is -1.06. The second kappa shape index (κ2) is 4.90. The third-order valence-corrected chi connectivity index (χ3v) is 3.26. The van der Waals surface area contributed by atoms with Crippen molar-refractivity contribution < 1.29 is 4.39 Å². The van der Waals surface area contributed by atoms with E-state index in [0.29, 0.717) is 22.5 Å². The van der Waals surface area contributed by atoms with E-state index >= 15 is 0 Å². The van der Waals surface area contributed by atoms with Gasteiger partial charge in [-0.2, -0.15) is 0 Å². The number of fused-ring (bicyclic) bond motifs is 1. The van der Waals surface area contributed by atoms with Gasteiger partial charge in [0, 0.05) is 16.8 Å². The van der Waals surface area contributed by atoms with E-state index in [4.69, 9.17) is 28.9 Å². The van der Waals surface area contributed by atoms with Gasteiger partial charge < -0.3 is 5.73 Å². The summed E-state index contributed by atoms with van der Waals surface area (Å²) in [4.78, 5) is 4.42. The number of aromatic nitrogens is 1. The number of pyridine rings is 1. The van der Waals surface area contributed by atoms with E-state index in [-0.39, 0.29) is 10.0 Å². The van der Waals surface area contributed by atoms with Crippen molar-refractivity contribution in [2.24, 2.45) is 5.92 Å². The lowest BCUT2D eigenvalue weighted by molar-refractivity contribution is 0.629. The van der Waals surface area contributed by atoms with Gasteiger partial charge in [0.25, 0.3) is 0 Å². The number of rotatable bonds is 2. The molecule has 2 rings (SSSR count). The Morgan fingerprint density at radius 1 is 1.33 bits per heavy atom. The first kappa shape index (κ1) is 13.4. The Morgan fingerprint density at radius 3 is 2.61 bits per heavy atom. The van der Waals surface area contributed by atoms with Gasteiger partial charge in [0.2, 0.25) is 0 Å². The highest BCUT2D eigenvalue weighted by Crippen LogP contribution is 2.34. The third kappa shape index (κ3) is 2.38. The highest BCUT2D eigenvalue weighted by Gasteiger charge is 2.15. The average Bonchev–Trinajstić information content (AvgIpc) is 2.24. The number of anilines is 1. The molecule has 0 aliphatic carbocycles. The summed E-state index contributed by atoms with van der Waals surface area (Å²) >= 11 is 11.7. The number of nitrogen functional groups attached to an aromatic ring is 1. The predicted molar refractivity (Wildman–Crippen MR) is 74.7 cm³/mol. The van der Waals surface area contributed by atoms with Crippen LogP contribution in [0.15, 0.2) is 12.1 Å². The first-order valence-electron chi connectivity index (χ1n) is 5.62. The van der Waals surface area contributed by atoms with Gasteiger partial charge in [-0.1, -0.05) is 37.0 Å². The Kier molecular flexibility index (Phi) is 3.64. The summed E-state index contributed by atoms with van der Waals surface area (Å²) in [5.74, 6) is -0.198. The molecule has 5 heteroatoms. The summed E-state index contributed by atoms with van der Waals surface area (Å²) in [6, 6.07) is 3.19. The molecule has 0 unspecified atom stereocenters. The maximum absolute atomic E-state index is 13.6. The fraction of sp³-hybridized carbons (Fsp3) is 0.308. The zero-order chi connectivity index (χ0) is 13.4. The van der Waals surface area contributed by atoms with Gasteiger partial charge in [0.05, 0.1) is 15.6 Å². The highest BCUT2D eigenvalue weighted by molar-refractivity contribution is 6.39. The Morgan fingerprint density at radius 2 is 2.00 bits per heavy atom. The van der Waals surface area contributed by atoms with Gasteiger partial charge in [0.15, 0.2) is 5.82 Å². The fourth-order valence-corrected chi connectivity index (χ4v) is 2.46. The van der Waals surface area contributed by atoms with Crippen molar-refractivity contribution in [3.63, 3.8) is 0 Å². The molecule has 0 atom stereocenters. The minimum atomic E-state index is -0.657. The van der Waals surface area contributed by atoms with Crippen LogP contribution in [0.25, 0.3) is 10.9 Å². The molecule has 0 radical (unpaired) electrons. The molecule has 1 aromatic carbocycles. The van der Waals surface area contributed by atoms with E-state index in [2.05, 4.69) is 18.8 Å². The van der Waals surface area contributed by atoms with E-state index in [1.165, 1.54) is 6.07 Å². The molecule has 0 spiro atoms. The summed E-state index contributed by atoms with van der Waals surface area (Å²) in [6.45, 7) is 4.18. The van der Waals surface area contributed by atoms with Crippen molar-refractivity contribution in [3.05, 3.63) is 33.7 Å². The molecule has 0 aliphatic rings. The average molecular weight is 287 g/mol. The number of benzene rings is 1. The Labute approximate surface area is 115 Å². The maximum atomic E-state index is 13.6. The van der Waals surface area contributed by atoms with Gasteiger partial charge in [0.1, 0.15) is 0 Å². The van der Waals surface area contributed by atoms with E-state index in [1.54, 1.807) is 6.07 Å². The van der Waals surface area contributed by atoms with E-state index in [1.807, 2.05) is 0 Å². The van der Waals surface area contributed by atoms with Crippen molar-refractivity contribution in [1.82, 2.24) is 4.98 Å². The number of hydrogen-bond acceptors (Lipinski definition) is 2. The maximum Gasteiger partial charge on any atom is 0.161 e. The predicted octanol–water partition coefficient (Wildman–Crippen LogP) is 4.46. The van der Waals surface area contributed by atoms with Gasteiger partial charge in [-0.25, -0.2) is 4.39 Å². The summed E-state index contributed by atoms with van der Waals surface area (Å²) in [6.07, 6.45) is 0.798. The van der Waals surface area contributed by atoms with Crippen molar-refractivity contribution >= 4 is 39.8 Å². The first-order chi connectivity index (χ1) is 8.40. The number of halogens is 3. The smallest absolute Gasteiger partial charge is 0.161 e. The summed E-state index contributed by atoms with van der Waals surface area (Å²) in [5, 5.41) is 0.311.